The predicted octanol–water partition coefficient (Wildman–Crippen LogP) is 1.46. The van der Waals surface area contributed by atoms with E-state index in [0.29, 0.717) is 13.2 Å². The van der Waals surface area contributed by atoms with E-state index in [1.165, 1.54) is 0 Å². The summed E-state index contributed by atoms with van der Waals surface area (Å²) in [5.74, 6) is 0.850. The van der Waals surface area contributed by atoms with Crippen LogP contribution >= 0.6 is 0 Å². The first kappa shape index (κ1) is 12.0. The molecule has 0 radical (unpaired) electrons. The van der Waals surface area contributed by atoms with Crippen molar-refractivity contribution in [3.63, 3.8) is 0 Å². The van der Waals surface area contributed by atoms with Crippen LogP contribution in [0.25, 0.3) is 0 Å². The number of fused-ring (bicyclic) bond motifs is 3. The number of nitrogens with zero attached hydrogens (tertiary/aromatic N) is 4. The Balaban J connectivity index is 2.13. The van der Waals surface area contributed by atoms with Gasteiger partial charge in [0.15, 0.2) is 0 Å². The van der Waals surface area contributed by atoms with Crippen LogP contribution in [0.15, 0.2) is 33.8 Å². The minimum Gasteiger partial charge on any atom is -0.302 e. The molecule has 0 saturated carbocycles. The second-order valence-electron chi connectivity index (χ2n) is 4.51. The summed E-state index contributed by atoms with van der Waals surface area (Å²) in [5.41, 5.74) is 1.76. The molecule has 0 fully saturated rings. The van der Waals surface area contributed by atoms with Crippen LogP contribution in [0.5, 0.6) is 0 Å². The Morgan fingerprint density at radius 1 is 1.42 bits per heavy atom. The standard InChI is InChI=1S/C13H16N4O2/c1-3-6-16-12(18)5-4-11-13(16)17-9-15(19-2)8-10(17)7-14-11/h4-5,7-8H,3,6,9H2,1-2H3. The third-order valence-electron chi connectivity index (χ3n) is 3.28. The summed E-state index contributed by atoms with van der Waals surface area (Å²) in [6.07, 6.45) is 4.57. The normalized spacial score (nSPS) is 16.4. The van der Waals surface area contributed by atoms with Crippen molar-refractivity contribution in [1.82, 2.24) is 9.63 Å². The summed E-state index contributed by atoms with van der Waals surface area (Å²) < 4.78 is 1.78. The van der Waals surface area contributed by atoms with Crippen LogP contribution in [-0.2, 0) is 11.4 Å². The van der Waals surface area contributed by atoms with E-state index in [1.807, 2.05) is 11.1 Å². The molecule has 1 aromatic rings. The van der Waals surface area contributed by atoms with Gasteiger partial charge in [-0.15, -0.1) is 0 Å². The highest BCUT2D eigenvalue weighted by Gasteiger charge is 2.28. The second-order valence-corrected chi connectivity index (χ2v) is 4.51. The van der Waals surface area contributed by atoms with Crippen LogP contribution < -0.4 is 10.5 Å². The van der Waals surface area contributed by atoms with Gasteiger partial charge in [0, 0.05) is 12.6 Å². The molecule has 6 heteroatoms. The molecule has 3 rings (SSSR count). The number of anilines is 1. The second kappa shape index (κ2) is 4.55. The van der Waals surface area contributed by atoms with Crippen molar-refractivity contribution in [2.75, 3.05) is 18.7 Å². The van der Waals surface area contributed by atoms with Crippen molar-refractivity contribution in [1.29, 1.82) is 0 Å². The molecule has 0 aliphatic carbocycles. The van der Waals surface area contributed by atoms with E-state index < -0.39 is 0 Å². The van der Waals surface area contributed by atoms with Gasteiger partial charge in [0.05, 0.1) is 25.2 Å². The molecule has 2 aliphatic heterocycles. The SMILES string of the molecule is CCCn1c2c(ccc1=O)N=CC1=CN(OC)CN12. The van der Waals surface area contributed by atoms with Crippen molar-refractivity contribution in [3.8, 4) is 0 Å². The number of rotatable bonds is 3. The molecule has 0 amide bonds. The molecule has 0 bridgehead atoms. The third-order valence-corrected chi connectivity index (χ3v) is 3.28. The molecular formula is C13H16N4O2. The van der Waals surface area contributed by atoms with Crippen molar-refractivity contribution in [2.45, 2.75) is 19.9 Å². The average Bonchev–Trinajstić information content (AvgIpc) is 2.85. The Morgan fingerprint density at radius 3 is 3.00 bits per heavy atom. The zero-order valence-electron chi connectivity index (χ0n) is 11.0. The van der Waals surface area contributed by atoms with Gasteiger partial charge in [0.1, 0.15) is 18.2 Å². The molecule has 0 saturated heterocycles. The lowest BCUT2D eigenvalue weighted by Gasteiger charge is -2.28. The third kappa shape index (κ3) is 1.84. The Bertz CT molecular complexity index is 618. The summed E-state index contributed by atoms with van der Waals surface area (Å²) in [5, 5.41) is 1.71. The summed E-state index contributed by atoms with van der Waals surface area (Å²) in [6.45, 7) is 3.31. The zero-order chi connectivity index (χ0) is 13.4. The van der Waals surface area contributed by atoms with Gasteiger partial charge < -0.3 is 4.90 Å². The van der Waals surface area contributed by atoms with E-state index in [-0.39, 0.29) is 5.56 Å². The topological polar surface area (TPSA) is 50.1 Å². The fraction of sp³-hybridized carbons (Fsp3) is 0.385. The minimum atomic E-state index is 0.00733. The highest BCUT2D eigenvalue weighted by atomic mass is 16.7. The first-order valence-electron chi connectivity index (χ1n) is 6.32. The number of allylic oxidation sites excluding steroid dienone is 1. The molecule has 19 heavy (non-hydrogen) atoms. The maximum Gasteiger partial charge on any atom is 0.252 e. The van der Waals surface area contributed by atoms with Gasteiger partial charge in [-0.05, 0) is 12.5 Å². The molecule has 0 unspecified atom stereocenters. The lowest BCUT2D eigenvalue weighted by Crippen LogP contribution is -2.34. The summed E-state index contributed by atoms with van der Waals surface area (Å²) in [7, 11) is 1.62. The smallest absolute Gasteiger partial charge is 0.252 e. The lowest BCUT2D eigenvalue weighted by molar-refractivity contribution is -0.0791. The number of aromatic nitrogens is 1. The largest absolute Gasteiger partial charge is 0.302 e. The molecule has 0 spiro atoms. The van der Waals surface area contributed by atoms with Gasteiger partial charge in [0.25, 0.3) is 5.56 Å². The Labute approximate surface area is 111 Å². The summed E-state index contributed by atoms with van der Waals surface area (Å²) in [4.78, 5) is 23.7. The number of hydrogen-bond acceptors (Lipinski definition) is 5. The van der Waals surface area contributed by atoms with E-state index in [9.17, 15) is 4.79 Å². The molecular weight excluding hydrogens is 244 g/mol. The predicted molar refractivity (Wildman–Crippen MR) is 73.4 cm³/mol. The van der Waals surface area contributed by atoms with E-state index in [4.69, 9.17) is 4.84 Å². The van der Waals surface area contributed by atoms with Crippen molar-refractivity contribution in [3.05, 3.63) is 34.4 Å². The molecule has 0 N–H and O–H groups in total. The van der Waals surface area contributed by atoms with Crippen molar-refractivity contribution >= 4 is 17.7 Å². The quantitative estimate of drug-likeness (QED) is 0.825. The first-order valence-corrected chi connectivity index (χ1v) is 6.32. The van der Waals surface area contributed by atoms with Gasteiger partial charge >= 0.3 is 0 Å². The summed E-state index contributed by atoms with van der Waals surface area (Å²) >= 11 is 0. The number of hydroxylamine groups is 2. The molecule has 6 nitrogen and oxygen atoms in total. The maximum absolute atomic E-state index is 12.0. The van der Waals surface area contributed by atoms with E-state index in [2.05, 4.69) is 11.9 Å². The Morgan fingerprint density at radius 2 is 2.26 bits per heavy atom. The van der Waals surface area contributed by atoms with Gasteiger partial charge in [-0.1, -0.05) is 6.92 Å². The molecule has 3 heterocycles. The maximum atomic E-state index is 12.0. The average molecular weight is 260 g/mol. The van der Waals surface area contributed by atoms with Crippen LogP contribution in [0.3, 0.4) is 0 Å². The van der Waals surface area contributed by atoms with Gasteiger partial charge in [0.2, 0.25) is 0 Å². The highest BCUT2D eigenvalue weighted by molar-refractivity contribution is 5.92. The van der Waals surface area contributed by atoms with E-state index in [0.717, 1.165) is 23.6 Å². The minimum absolute atomic E-state index is 0.00733. The lowest BCUT2D eigenvalue weighted by atomic mass is 10.2. The van der Waals surface area contributed by atoms with Crippen LogP contribution in [0.2, 0.25) is 0 Å². The van der Waals surface area contributed by atoms with E-state index >= 15 is 0 Å². The van der Waals surface area contributed by atoms with Crippen molar-refractivity contribution < 1.29 is 4.84 Å². The fourth-order valence-corrected chi connectivity index (χ4v) is 2.40. The fourth-order valence-electron chi connectivity index (χ4n) is 2.40. The molecule has 100 valence electrons. The van der Waals surface area contributed by atoms with E-state index in [1.54, 1.807) is 35.1 Å². The van der Waals surface area contributed by atoms with Crippen molar-refractivity contribution in [2.24, 2.45) is 4.99 Å². The summed E-state index contributed by atoms with van der Waals surface area (Å²) in [6, 6.07) is 3.34. The monoisotopic (exact) mass is 260 g/mol. The van der Waals surface area contributed by atoms with Crippen LogP contribution in [0.4, 0.5) is 11.5 Å². The van der Waals surface area contributed by atoms with Crippen LogP contribution in [0, 0.1) is 0 Å². The number of hydrogen-bond donors (Lipinski definition) is 0. The molecule has 0 aromatic carbocycles. The number of pyridine rings is 1. The van der Waals surface area contributed by atoms with Gasteiger partial charge in [-0.3, -0.25) is 19.2 Å². The van der Waals surface area contributed by atoms with Crippen LogP contribution in [-0.4, -0.2) is 29.6 Å². The number of aliphatic imine (C=N–C) groups is 1. The Kier molecular flexibility index (Phi) is 2.87. The Hall–Kier alpha value is -2.08. The molecule has 2 aliphatic rings. The van der Waals surface area contributed by atoms with Gasteiger partial charge in [-0.25, -0.2) is 5.06 Å². The molecule has 1 aromatic heterocycles. The van der Waals surface area contributed by atoms with Crippen LogP contribution in [0.1, 0.15) is 13.3 Å². The zero-order valence-corrected chi connectivity index (χ0v) is 11.0. The van der Waals surface area contributed by atoms with Gasteiger partial charge in [-0.2, -0.15) is 0 Å². The highest BCUT2D eigenvalue weighted by Crippen LogP contribution is 2.35. The first-order chi connectivity index (χ1) is 9.24. The molecule has 0 atom stereocenters.